The van der Waals surface area contributed by atoms with Gasteiger partial charge in [0.15, 0.2) is 0 Å². The van der Waals surface area contributed by atoms with E-state index in [4.69, 9.17) is 0 Å². The van der Waals surface area contributed by atoms with Crippen LogP contribution in [0.3, 0.4) is 0 Å². The quantitative estimate of drug-likeness (QED) is 0.462. The minimum absolute atomic E-state index is 0.102. The van der Waals surface area contributed by atoms with Crippen molar-refractivity contribution >= 4 is 22.8 Å². The molecule has 0 radical (unpaired) electrons. The lowest BCUT2D eigenvalue weighted by Gasteiger charge is -2.15. The highest BCUT2D eigenvalue weighted by Gasteiger charge is 2.17. The van der Waals surface area contributed by atoms with Gasteiger partial charge in [0, 0.05) is 5.56 Å². The second kappa shape index (κ2) is 8.98. The van der Waals surface area contributed by atoms with Gasteiger partial charge in [0.25, 0.3) is 5.91 Å². The maximum atomic E-state index is 12.9. The molecule has 0 fully saturated rings. The lowest BCUT2D eigenvalue weighted by atomic mass is 10.0. The minimum Gasteiger partial charge on any atom is -0.434 e. The topological polar surface area (TPSA) is 62.1 Å². The molecule has 3 rings (SSSR count). The smallest absolute Gasteiger partial charge is 0.387 e. The van der Waals surface area contributed by atoms with Crippen LogP contribution in [0.2, 0.25) is 0 Å². The lowest BCUT2D eigenvalue weighted by molar-refractivity contribution is -0.117. The van der Waals surface area contributed by atoms with Crippen molar-refractivity contribution in [2.45, 2.75) is 19.6 Å². The average Bonchev–Trinajstić information content (AvgIpc) is 2.73. The van der Waals surface area contributed by atoms with Crippen LogP contribution in [-0.4, -0.2) is 12.5 Å². The standard InChI is InChI=1S/C23H18F2N2O2/c1-15(16-7-3-2-4-8-16)27-22(28)18(14-26)13-20-19-10-6-5-9-17(19)11-12-21(20)29-23(24)25/h2-13,15,23H,1H3,(H,27,28)/b18-13+/t15-/m1/s1. The summed E-state index contributed by atoms with van der Waals surface area (Å²) in [4.78, 5) is 12.6. The number of benzene rings is 3. The second-order valence-corrected chi connectivity index (χ2v) is 6.35. The summed E-state index contributed by atoms with van der Waals surface area (Å²) in [6.45, 7) is -1.23. The zero-order chi connectivity index (χ0) is 20.8. The maximum Gasteiger partial charge on any atom is 0.387 e. The van der Waals surface area contributed by atoms with E-state index in [1.165, 1.54) is 12.1 Å². The number of nitriles is 1. The molecule has 1 N–H and O–H groups in total. The van der Waals surface area contributed by atoms with E-state index in [9.17, 15) is 18.8 Å². The lowest BCUT2D eigenvalue weighted by Crippen LogP contribution is -2.27. The first kappa shape index (κ1) is 20.0. The molecule has 0 heterocycles. The Bertz CT molecular complexity index is 1090. The van der Waals surface area contributed by atoms with Crippen LogP contribution in [0.25, 0.3) is 16.8 Å². The van der Waals surface area contributed by atoms with Crippen LogP contribution in [0, 0.1) is 11.3 Å². The van der Waals surface area contributed by atoms with E-state index in [0.717, 1.165) is 10.9 Å². The van der Waals surface area contributed by atoms with E-state index in [0.29, 0.717) is 5.39 Å². The molecule has 4 nitrogen and oxygen atoms in total. The molecule has 0 aliphatic rings. The van der Waals surface area contributed by atoms with Crippen LogP contribution in [0.15, 0.2) is 72.3 Å². The van der Waals surface area contributed by atoms with Gasteiger partial charge in [-0.3, -0.25) is 4.79 Å². The van der Waals surface area contributed by atoms with Crippen molar-refractivity contribution in [3.63, 3.8) is 0 Å². The number of amides is 1. The minimum atomic E-state index is -3.03. The molecule has 1 atom stereocenters. The molecule has 6 heteroatoms. The van der Waals surface area contributed by atoms with E-state index in [-0.39, 0.29) is 22.9 Å². The number of ether oxygens (including phenoxy) is 1. The van der Waals surface area contributed by atoms with E-state index in [2.05, 4.69) is 10.1 Å². The highest BCUT2D eigenvalue weighted by Crippen LogP contribution is 2.31. The first-order valence-electron chi connectivity index (χ1n) is 8.93. The molecule has 29 heavy (non-hydrogen) atoms. The number of fused-ring (bicyclic) bond motifs is 1. The summed E-state index contributed by atoms with van der Waals surface area (Å²) in [6, 6.07) is 20.9. The number of hydrogen-bond acceptors (Lipinski definition) is 3. The molecule has 0 aliphatic heterocycles. The zero-order valence-electron chi connectivity index (χ0n) is 15.6. The summed E-state index contributed by atoms with van der Waals surface area (Å²) in [5.41, 5.74) is 0.927. The number of hydrogen-bond donors (Lipinski definition) is 1. The normalized spacial score (nSPS) is 12.4. The first-order valence-corrected chi connectivity index (χ1v) is 8.93. The third kappa shape index (κ3) is 4.77. The van der Waals surface area contributed by atoms with Crippen LogP contribution >= 0.6 is 0 Å². The number of carbonyl (C=O) groups is 1. The highest BCUT2D eigenvalue weighted by atomic mass is 19.3. The largest absolute Gasteiger partial charge is 0.434 e. The number of carbonyl (C=O) groups excluding carboxylic acids is 1. The summed E-state index contributed by atoms with van der Waals surface area (Å²) >= 11 is 0. The Balaban J connectivity index is 1.99. The summed E-state index contributed by atoms with van der Waals surface area (Å²) in [7, 11) is 0. The fourth-order valence-electron chi connectivity index (χ4n) is 3.02. The third-order valence-electron chi connectivity index (χ3n) is 4.45. The summed E-state index contributed by atoms with van der Waals surface area (Å²) in [5.74, 6) is -0.699. The number of nitrogens with one attached hydrogen (secondary N) is 1. The van der Waals surface area contributed by atoms with Crippen molar-refractivity contribution in [2.75, 3.05) is 0 Å². The Morgan fingerprint density at radius 1 is 1.07 bits per heavy atom. The fourth-order valence-corrected chi connectivity index (χ4v) is 3.02. The van der Waals surface area contributed by atoms with Crippen molar-refractivity contribution < 1.29 is 18.3 Å². The van der Waals surface area contributed by atoms with E-state index in [1.807, 2.05) is 48.5 Å². The second-order valence-electron chi connectivity index (χ2n) is 6.35. The van der Waals surface area contributed by atoms with Crippen LogP contribution in [-0.2, 0) is 4.79 Å². The average molecular weight is 392 g/mol. The summed E-state index contributed by atoms with van der Waals surface area (Å²) < 4.78 is 30.3. The van der Waals surface area contributed by atoms with Gasteiger partial charge in [0.2, 0.25) is 0 Å². The number of alkyl halides is 2. The summed E-state index contributed by atoms with van der Waals surface area (Å²) in [5, 5.41) is 13.6. The molecule has 3 aromatic rings. The van der Waals surface area contributed by atoms with Crippen LogP contribution < -0.4 is 10.1 Å². The highest BCUT2D eigenvalue weighted by molar-refractivity contribution is 6.05. The molecule has 0 spiro atoms. The van der Waals surface area contributed by atoms with Gasteiger partial charge in [-0.15, -0.1) is 0 Å². The first-order chi connectivity index (χ1) is 14.0. The molecule has 0 aromatic heterocycles. The molecule has 1 amide bonds. The number of halogens is 2. The molecule has 0 bridgehead atoms. The Hall–Kier alpha value is -3.72. The Morgan fingerprint density at radius 3 is 2.45 bits per heavy atom. The Kier molecular flexibility index (Phi) is 6.20. The van der Waals surface area contributed by atoms with Gasteiger partial charge in [0.1, 0.15) is 17.4 Å². The molecular formula is C23H18F2N2O2. The molecule has 0 aliphatic carbocycles. The van der Waals surface area contributed by atoms with Crippen molar-refractivity contribution in [3.8, 4) is 11.8 Å². The molecule has 146 valence electrons. The maximum absolute atomic E-state index is 12.9. The Morgan fingerprint density at radius 2 is 1.76 bits per heavy atom. The molecule has 0 saturated heterocycles. The van der Waals surface area contributed by atoms with Gasteiger partial charge in [-0.2, -0.15) is 14.0 Å². The van der Waals surface area contributed by atoms with E-state index < -0.39 is 12.5 Å². The molecule has 0 saturated carbocycles. The molecular weight excluding hydrogens is 374 g/mol. The zero-order valence-corrected chi connectivity index (χ0v) is 15.6. The van der Waals surface area contributed by atoms with E-state index >= 15 is 0 Å². The van der Waals surface area contributed by atoms with Gasteiger partial charge in [-0.25, -0.2) is 0 Å². The Labute approximate surface area is 167 Å². The third-order valence-corrected chi connectivity index (χ3v) is 4.45. The van der Waals surface area contributed by atoms with Crippen molar-refractivity contribution in [1.82, 2.24) is 5.32 Å². The molecule has 3 aromatic carbocycles. The van der Waals surface area contributed by atoms with Crippen LogP contribution in [0.5, 0.6) is 5.75 Å². The SMILES string of the molecule is C[C@@H](NC(=O)/C(C#N)=C/c1c(OC(F)F)ccc2ccccc12)c1ccccc1. The number of nitrogens with zero attached hydrogens (tertiary/aromatic N) is 1. The van der Waals surface area contributed by atoms with Crippen molar-refractivity contribution in [3.05, 3.63) is 83.4 Å². The van der Waals surface area contributed by atoms with Gasteiger partial charge in [0.05, 0.1) is 6.04 Å². The van der Waals surface area contributed by atoms with Gasteiger partial charge in [-0.05, 0) is 35.4 Å². The van der Waals surface area contributed by atoms with Crippen LogP contribution in [0.4, 0.5) is 8.78 Å². The van der Waals surface area contributed by atoms with Gasteiger partial charge in [-0.1, -0.05) is 60.7 Å². The predicted octanol–water partition coefficient (Wildman–Crippen LogP) is 5.23. The fraction of sp³-hybridized carbons (Fsp3) is 0.130. The van der Waals surface area contributed by atoms with Crippen molar-refractivity contribution in [2.24, 2.45) is 0 Å². The van der Waals surface area contributed by atoms with Gasteiger partial charge >= 0.3 is 6.61 Å². The number of rotatable bonds is 6. The van der Waals surface area contributed by atoms with Crippen molar-refractivity contribution in [1.29, 1.82) is 5.26 Å². The van der Waals surface area contributed by atoms with E-state index in [1.54, 1.807) is 25.1 Å². The molecule has 0 unspecified atom stereocenters. The monoisotopic (exact) mass is 392 g/mol. The predicted molar refractivity (Wildman–Crippen MR) is 107 cm³/mol. The summed E-state index contributed by atoms with van der Waals surface area (Å²) in [6.07, 6.45) is 1.28. The van der Waals surface area contributed by atoms with Gasteiger partial charge < -0.3 is 10.1 Å². The van der Waals surface area contributed by atoms with Crippen LogP contribution in [0.1, 0.15) is 24.1 Å².